The fraction of sp³-hybridized carbons (Fsp3) is 0.588. The first-order valence-corrected chi connectivity index (χ1v) is 11.3. The van der Waals surface area contributed by atoms with E-state index in [1.165, 1.54) is 6.20 Å². The zero-order valence-corrected chi connectivity index (χ0v) is 17.7. The Balaban J connectivity index is 1.58. The Morgan fingerprint density at radius 3 is 2.83 bits per heavy atom. The third-order valence-electron chi connectivity index (χ3n) is 4.62. The van der Waals surface area contributed by atoms with Gasteiger partial charge >= 0.3 is 6.09 Å². The van der Waals surface area contributed by atoms with Gasteiger partial charge in [-0.1, -0.05) is 0 Å². The molecule has 11 nitrogen and oxygen atoms in total. The summed E-state index contributed by atoms with van der Waals surface area (Å²) < 4.78 is 32.2. The molecule has 3 rings (SSSR count). The zero-order valence-electron chi connectivity index (χ0n) is 16.9. The van der Waals surface area contributed by atoms with Crippen LogP contribution in [0.4, 0.5) is 22.4 Å². The number of aromatic nitrogens is 4. The minimum atomic E-state index is -3.39. The number of carbonyl (C=O) groups is 1. The molecule has 4 N–H and O–H groups in total. The molecular weight excluding hydrogens is 398 g/mol. The molecule has 1 aliphatic rings. The molecule has 0 saturated heterocycles. The average Bonchev–Trinajstić information content (AvgIpc) is 3.30. The van der Waals surface area contributed by atoms with E-state index in [9.17, 15) is 13.2 Å². The van der Waals surface area contributed by atoms with E-state index in [4.69, 9.17) is 4.74 Å². The highest BCUT2D eigenvalue weighted by atomic mass is 32.2. The first-order valence-electron chi connectivity index (χ1n) is 9.39. The smallest absolute Gasteiger partial charge is 0.407 e. The van der Waals surface area contributed by atoms with Gasteiger partial charge in [0, 0.05) is 30.8 Å². The molecule has 160 valence electrons. The van der Waals surface area contributed by atoms with Crippen molar-refractivity contribution >= 4 is 33.7 Å². The first kappa shape index (κ1) is 21.0. The lowest BCUT2D eigenvalue weighted by molar-refractivity contribution is 0.0981. The van der Waals surface area contributed by atoms with Crippen molar-refractivity contribution in [2.45, 2.75) is 51.2 Å². The van der Waals surface area contributed by atoms with Crippen LogP contribution in [0.3, 0.4) is 0 Å². The summed E-state index contributed by atoms with van der Waals surface area (Å²) in [5.74, 6) is 1.59. The van der Waals surface area contributed by atoms with Crippen LogP contribution < -0.4 is 15.4 Å². The predicted octanol–water partition coefficient (Wildman–Crippen LogP) is 2.03. The summed E-state index contributed by atoms with van der Waals surface area (Å²) in [5.41, 5.74) is 0.951. The maximum absolute atomic E-state index is 11.8. The van der Waals surface area contributed by atoms with Gasteiger partial charge in [-0.15, -0.1) is 0 Å². The van der Waals surface area contributed by atoms with Gasteiger partial charge in [0.25, 0.3) is 0 Å². The predicted molar refractivity (Wildman–Crippen MR) is 109 cm³/mol. The summed E-state index contributed by atoms with van der Waals surface area (Å²) in [6.07, 6.45) is 4.45. The second-order valence-electron chi connectivity index (χ2n) is 7.57. The van der Waals surface area contributed by atoms with Crippen molar-refractivity contribution in [2.75, 3.05) is 16.3 Å². The molecule has 0 bridgehead atoms. The largest absolute Gasteiger partial charge is 0.446 e. The van der Waals surface area contributed by atoms with Crippen LogP contribution in [0.5, 0.6) is 0 Å². The summed E-state index contributed by atoms with van der Waals surface area (Å²) in [5, 5.41) is 13.1. The standard InChI is InChI=1S/C17H27N7O4S/c1-10(2)19-17(25)28-12-6-5-11(7-12)13-8-14(22-21-13)20-16-18-9-15(24(16)3)23-29(4,26)27/h8-12,23H,5-7H2,1-4H3,(H,19,25)(H2,18,20,21,22)/t11-,12+/m0/s1. The summed E-state index contributed by atoms with van der Waals surface area (Å²) in [7, 11) is -1.70. The maximum atomic E-state index is 11.8. The SMILES string of the molecule is CC(C)NC(=O)O[C@@H]1CC[C@H](c2cc(Nc3ncc(NS(C)(=O)=O)n3C)n[nH]2)C1. The highest BCUT2D eigenvalue weighted by Crippen LogP contribution is 2.36. The Kier molecular flexibility index (Phi) is 6.01. The molecular formula is C17H27N7O4S. The van der Waals surface area contributed by atoms with Gasteiger partial charge in [-0.3, -0.25) is 14.4 Å². The van der Waals surface area contributed by atoms with Crippen LogP contribution in [0.15, 0.2) is 12.3 Å². The number of hydrogen-bond donors (Lipinski definition) is 4. The minimum Gasteiger partial charge on any atom is -0.446 e. The topological polar surface area (TPSA) is 143 Å². The van der Waals surface area contributed by atoms with Gasteiger partial charge in [0.15, 0.2) is 5.82 Å². The molecule has 0 aliphatic heterocycles. The normalized spacial score (nSPS) is 19.3. The number of carbonyl (C=O) groups excluding carboxylic acids is 1. The van der Waals surface area contributed by atoms with Gasteiger partial charge in [-0.25, -0.2) is 18.2 Å². The highest BCUT2D eigenvalue weighted by Gasteiger charge is 2.30. The lowest BCUT2D eigenvalue weighted by Gasteiger charge is -2.14. The average molecular weight is 426 g/mol. The van der Waals surface area contributed by atoms with Crippen LogP contribution in [0, 0.1) is 0 Å². The van der Waals surface area contributed by atoms with E-state index in [1.807, 2.05) is 19.9 Å². The summed E-state index contributed by atoms with van der Waals surface area (Å²) in [6, 6.07) is 1.93. The second-order valence-corrected chi connectivity index (χ2v) is 9.32. The van der Waals surface area contributed by atoms with Gasteiger partial charge in [0.05, 0.1) is 12.5 Å². The van der Waals surface area contributed by atoms with Crippen molar-refractivity contribution in [1.82, 2.24) is 25.1 Å². The number of nitrogens with zero attached hydrogens (tertiary/aromatic N) is 3. The van der Waals surface area contributed by atoms with E-state index in [0.29, 0.717) is 17.6 Å². The summed E-state index contributed by atoms with van der Waals surface area (Å²) >= 11 is 0. The number of alkyl carbamates (subject to hydrolysis) is 1. The molecule has 0 spiro atoms. The molecule has 12 heteroatoms. The number of amides is 1. The van der Waals surface area contributed by atoms with Crippen LogP contribution >= 0.6 is 0 Å². The number of aromatic amines is 1. The second kappa shape index (κ2) is 8.31. The Bertz CT molecular complexity index is 966. The molecule has 1 fully saturated rings. The number of rotatable bonds is 7. The van der Waals surface area contributed by atoms with E-state index in [0.717, 1.165) is 31.2 Å². The molecule has 1 aliphatic carbocycles. The summed E-state index contributed by atoms with van der Waals surface area (Å²) in [4.78, 5) is 15.9. The lowest BCUT2D eigenvalue weighted by atomic mass is 10.0. The van der Waals surface area contributed by atoms with Crippen molar-refractivity contribution in [3.8, 4) is 0 Å². The third-order valence-corrected chi connectivity index (χ3v) is 5.20. The van der Waals surface area contributed by atoms with Crippen molar-refractivity contribution in [1.29, 1.82) is 0 Å². The van der Waals surface area contributed by atoms with Crippen molar-refractivity contribution < 1.29 is 17.9 Å². The van der Waals surface area contributed by atoms with E-state index in [-0.39, 0.29) is 24.2 Å². The Labute approximate surface area is 169 Å². The zero-order chi connectivity index (χ0) is 21.2. The molecule has 2 aromatic heterocycles. The molecule has 29 heavy (non-hydrogen) atoms. The molecule has 0 unspecified atom stereocenters. The number of anilines is 3. The minimum absolute atomic E-state index is 0.0419. The van der Waals surface area contributed by atoms with Crippen molar-refractivity contribution in [2.24, 2.45) is 7.05 Å². The molecule has 2 aromatic rings. The number of sulfonamides is 1. The van der Waals surface area contributed by atoms with Gasteiger partial charge < -0.3 is 15.4 Å². The molecule has 2 atom stereocenters. The number of ether oxygens (including phenoxy) is 1. The fourth-order valence-electron chi connectivity index (χ4n) is 3.29. The Hall–Kier alpha value is -2.76. The number of hydrogen-bond acceptors (Lipinski definition) is 7. The van der Waals surface area contributed by atoms with Crippen molar-refractivity contribution in [3.05, 3.63) is 18.0 Å². The van der Waals surface area contributed by atoms with E-state index in [2.05, 4.69) is 30.5 Å². The lowest BCUT2D eigenvalue weighted by Crippen LogP contribution is -2.33. The van der Waals surface area contributed by atoms with Crippen LogP contribution in [0.2, 0.25) is 0 Å². The number of H-pyrrole nitrogens is 1. The van der Waals surface area contributed by atoms with E-state index in [1.54, 1.807) is 11.6 Å². The van der Waals surface area contributed by atoms with Gasteiger partial charge in [0.1, 0.15) is 11.9 Å². The fourth-order valence-corrected chi connectivity index (χ4v) is 3.86. The third kappa shape index (κ3) is 5.62. The van der Waals surface area contributed by atoms with Crippen molar-refractivity contribution in [3.63, 3.8) is 0 Å². The van der Waals surface area contributed by atoms with Gasteiger partial charge in [-0.2, -0.15) is 5.10 Å². The Morgan fingerprint density at radius 2 is 2.14 bits per heavy atom. The van der Waals surface area contributed by atoms with Crippen LogP contribution in [-0.4, -0.2) is 52.7 Å². The molecule has 0 aromatic carbocycles. The number of imidazole rings is 1. The maximum Gasteiger partial charge on any atom is 0.407 e. The van der Waals surface area contributed by atoms with E-state index >= 15 is 0 Å². The van der Waals surface area contributed by atoms with Crippen LogP contribution in [-0.2, 0) is 21.8 Å². The number of nitrogens with one attached hydrogen (secondary N) is 4. The quantitative estimate of drug-likeness (QED) is 0.531. The highest BCUT2D eigenvalue weighted by molar-refractivity contribution is 7.92. The first-order chi connectivity index (χ1) is 13.6. The molecule has 0 radical (unpaired) electrons. The molecule has 2 heterocycles. The Morgan fingerprint density at radius 1 is 1.38 bits per heavy atom. The van der Waals surface area contributed by atoms with Gasteiger partial charge in [0.2, 0.25) is 16.0 Å². The van der Waals surface area contributed by atoms with E-state index < -0.39 is 10.0 Å². The monoisotopic (exact) mass is 425 g/mol. The van der Waals surface area contributed by atoms with Crippen LogP contribution in [0.1, 0.15) is 44.7 Å². The summed E-state index contributed by atoms with van der Waals surface area (Å²) in [6.45, 7) is 3.78. The van der Waals surface area contributed by atoms with Gasteiger partial charge in [-0.05, 0) is 33.1 Å². The molecule has 1 amide bonds. The van der Waals surface area contributed by atoms with Crippen LogP contribution in [0.25, 0.3) is 0 Å². The molecule has 1 saturated carbocycles.